The van der Waals surface area contributed by atoms with Crippen molar-refractivity contribution in [1.82, 2.24) is 0 Å². The van der Waals surface area contributed by atoms with Crippen LogP contribution in [0.5, 0.6) is 0 Å². The molecule has 4 atom stereocenters. The Morgan fingerprint density at radius 2 is 2.12 bits per heavy atom. The maximum Gasteiger partial charge on any atom is 0.104 e. The van der Waals surface area contributed by atoms with Gasteiger partial charge in [0.15, 0.2) is 0 Å². The zero-order valence-corrected chi connectivity index (χ0v) is 11.1. The third-order valence-electron chi connectivity index (χ3n) is 3.32. The van der Waals surface area contributed by atoms with Crippen LogP contribution in [0.25, 0.3) is 0 Å². The average molecular weight is 222 g/mol. The maximum absolute atomic E-state index is 9.20. The summed E-state index contributed by atoms with van der Waals surface area (Å²) in [4.78, 5) is 4.03. The highest BCUT2D eigenvalue weighted by atomic mass is 16.5. The molecule has 0 aliphatic heterocycles. The van der Waals surface area contributed by atoms with Crippen LogP contribution in [-0.4, -0.2) is 34.3 Å². The first-order chi connectivity index (χ1) is 7.60. The lowest BCUT2D eigenvalue weighted by Crippen LogP contribution is -2.24. The van der Waals surface area contributed by atoms with Crippen LogP contribution in [0.3, 0.4) is 0 Å². The number of nitriles is 1. The Bertz CT molecular complexity index is 246. The van der Waals surface area contributed by atoms with Crippen LogP contribution in [0.15, 0.2) is 4.99 Å². The number of ether oxygens (including phenoxy) is 1. The molecule has 0 aromatic carbocycles. The van der Waals surface area contributed by atoms with Gasteiger partial charge in [-0.2, -0.15) is 5.26 Å². The topological polar surface area (TPSA) is 45.4 Å². The van der Waals surface area contributed by atoms with E-state index in [-0.39, 0.29) is 12.0 Å². The Labute approximate surface area is 100 Å². The van der Waals surface area contributed by atoms with E-state index in [2.05, 4.69) is 32.8 Å². The standard InChI is InChI=1S/C12H23BN2O/c1-9(8-15-3)10(2)11(7-14)5-12(6-13)16-4/h8-12H,5-6,13H2,1-4H3/b15-8-/t9-,10?,11?,12?/m1/s1. The number of methoxy groups -OCH3 is 1. The van der Waals surface area contributed by atoms with E-state index in [0.717, 1.165) is 12.7 Å². The van der Waals surface area contributed by atoms with Gasteiger partial charge in [-0.1, -0.05) is 20.2 Å². The summed E-state index contributed by atoms with van der Waals surface area (Å²) < 4.78 is 5.34. The first-order valence-corrected chi connectivity index (χ1v) is 5.95. The van der Waals surface area contributed by atoms with E-state index in [4.69, 9.17) is 4.74 Å². The predicted molar refractivity (Wildman–Crippen MR) is 70.6 cm³/mol. The number of hydrogen-bond donors (Lipinski definition) is 0. The van der Waals surface area contributed by atoms with E-state index >= 15 is 0 Å². The maximum atomic E-state index is 9.20. The molecule has 0 aliphatic rings. The van der Waals surface area contributed by atoms with E-state index in [9.17, 15) is 5.26 Å². The number of rotatable bonds is 7. The van der Waals surface area contributed by atoms with Crippen molar-refractivity contribution >= 4 is 14.1 Å². The molecule has 0 aromatic rings. The smallest absolute Gasteiger partial charge is 0.104 e. The third kappa shape index (κ3) is 4.80. The first kappa shape index (κ1) is 15.2. The van der Waals surface area contributed by atoms with Crippen molar-refractivity contribution in [2.45, 2.75) is 32.7 Å². The normalized spacial score (nSPS) is 18.9. The summed E-state index contributed by atoms with van der Waals surface area (Å²) in [6, 6.07) is 2.40. The van der Waals surface area contributed by atoms with E-state index < -0.39 is 0 Å². The van der Waals surface area contributed by atoms with Gasteiger partial charge in [-0.25, -0.2) is 0 Å². The molecule has 0 radical (unpaired) electrons. The molecule has 0 spiro atoms. The van der Waals surface area contributed by atoms with Crippen LogP contribution < -0.4 is 0 Å². The summed E-state index contributed by atoms with van der Waals surface area (Å²) in [5, 5.41) is 9.20. The van der Waals surface area contributed by atoms with E-state index in [1.165, 1.54) is 0 Å². The van der Waals surface area contributed by atoms with Crippen molar-refractivity contribution in [3.8, 4) is 6.07 Å². The van der Waals surface area contributed by atoms with Crippen molar-refractivity contribution in [2.75, 3.05) is 14.2 Å². The monoisotopic (exact) mass is 222 g/mol. The Hall–Kier alpha value is -0.815. The predicted octanol–water partition coefficient (Wildman–Crippen LogP) is 1.56. The van der Waals surface area contributed by atoms with Crippen LogP contribution in [0, 0.1) is 29.1 Å². The Kier molecular flexibility index (Phi) is 7.92. The molecular formula is C12H23BN2O. The quantitative estimate of drug-likeness (QED) is 0.484. The molecule has 0 aromatic heterocycles. The van der Waals surface area contributed by atoms with Crippen LogP contribution >= 0.6 is 0 Å². The Morgan fingerprint density at radius 3 is 2.50 bits per heavy atom. The summed E-state index contributed by atoms with van der Waals surface area (Å²) in [5.74, 6) is 0.694. The molecule has 0 amide bonds. The highest BCUT2D eigenvalue weighted by molar-refractivity contribution is 6.08. The molecule has 3 unspecified atom stereocenters. The highest BCUT2D eigenvalue weighted by Gasteiger charge is 2.24. The minimum atomic E-state index is 0.0397. The minimum absolute atomic E-state index is 0.0397. The van der Waals surface area contributed by atoms with Gasteiger partial charge in [-0.3, -0.25) is 0 Å². The van der Waals surface area contributed by atoms with Crippen molar-refractivity contribution in [3.63, 3.8) is 0 Å². The second kappa shape index (κ2) is 8.35. The number of hydrogen-bond acceptors (Lipinski definition) is 3. The van der Waals surface area contributed by atoms with Gasteiger partial charge >= 0.3 is 0 Å². The minimum Gasteiger partial charge on any atom is -0.382 e. The van der Waals surface area contributed by atoms with Crippen molar-refractivity contribution in [3.05, 3.63) is 0 Å². The van der Waals surface area contributed by atoms with E-state index in [1.54, 1.807) is 14.2 Å². The molecule has 90 valence electrons. The van der Waals surface area contributed by atoms with E-state index in [0.29, 0.717) is 11.8 Å². The molecular weight excluding hydrogens is 199 g/mol. The molecule has 0 N–H and O–H groups in total. The summed E-state index contributed by atoms with van der Waals surface area (Å²) in [5.41, 5.74) is 0. The molecule has 4 heteroatoms. The molecule has 0 fully saturated rings. The molecule has 0 aliphatic carbocycles. The zero-order valence-electron chi connectivity index (χ0n) is 11.1. The van der Waals surface area contributed by atoms with Crippen LogP contribution in [0.1, 0.15) is 20.3 Å². The molecule has 0 heterocycles. The lowest BCUT2D eigenvalue weighted by Gasteiger charge is -2.24. The van der Waals surface area contributed by atoms with E-state index in [1.807, 2.05) is 6.21 Å². The van der Waals surface area contributed by atoms with Gasteiger partial charge < -0.3 is 9.73 Å². The molecule has 16 heavy (non-hydrogen) atoms. The van der Waals surface area contributed by atoms with Crippen molar-refractivity contribution in [1.29, 1.82) is 5.26 Å². The van der Waals surface area contributed by atoms with Gasteiger partial charge in [-0.15, -0.1) is 0 Å². The molecule has 0 saturated carbocycles. The zero-order chi connectivity index (χ0) is 12.6. The van der Waals surface area contributed by atoms with Crippen LogP contribution in [0.4, 0.5) is 0 Å². The SMILES string of the molecule is BCC(CC(C#N)C(C)[C@H](C)/C=N\C)OC. The summed E-state index contributed by atoms with van der Waals surface area (Å²) in [7, 11) is 5.57. The second-order valence-electron chi connectivity index (χ2n) is 4.36. The summed E-state index contributed by atoms with van der Waals surface area (Å²) in [6.45, 7) is 4.22. The molecule has 3 nitrogen and oxygen atoms in total. The fourth-order valence-electron chi connectivity index (χ4n) is 1.84. The second-order valence-corrected chi connectivity index (χ2v) is 4.36. The van der Waals surface area contributed by atoms with Crippen LogP contribution in [0.2, 0.25) is 6.32 Å². The van der Waals surface area contributed by atoms with Gasteiger partial charge in [0.25, 0.3) is 0 Å². The van der Waals surface area contributed by atoms with Gasteiger partial charge in [0.05, 0.1) is 18.1 Å². The van der Waals surface area contributed by atoms with Crippen molar-refractivity contribution < 1.29 is 4.74 Å². The molecule has 0 rings (SSSR count). The van der Waals surface area contributed by atoms with Gasteiger partial charge in [0.2, 0.25) is 0 Å². The van der Waals surface area contributed by atoms with Gasteiger partial charge in [-0.05, 0) is 18.3 Å². The number of aliphatic imine (C=N–C) groups is 1. The lowest BCUT2D eigenvalue weighted by molar-refractivity contribution is 0.0930. The highest BCUT2D eigenvalue weighted by Crippen LogP contribution is 2.25. The summed E-state index contributed by atoms with van der Waals surface area (Å²) >= 11 is 0. The molecule has 0 bridgehead atoms. The number of nitrogens with zero attached hydrogens (tertiary/aromatic N) is 2. The fourth-order valence-corrected chi connectivity index (χ4v) is 1.84. The lowest BCUT2D eigenvalue weighted by atomic mass is 9.80. The largest absolute Gasteiger partial charge is 0.382 e. The third-order valence-corrected chi connectivity index (χ3v) is 3.32. The Morgan fingerprint density at radius 1 is 1.50 bits per heavy atom. The summed E-state index contributed by atoms with van der Waals surface area (Å²) in [6.07, 6.45) is 3.88. The van der Waals surface area contributed by atoms with Crippen molar-refractivity contribution in [2.24, 2.45) is 22.7 Å². The molecule has 0 saturated heterocycles. The first-order valence-electron chi connectivity index (χ1n) is 5.95. The fraction of sp³-hybridized carbons (Fsp3) is 0.833. The average Bonchev–Trinajstić information content (AvgIpc) is 2.30. The Balaban J connectivity index is 4.43. The van der Waals surface area contributed by atoms with Gasteiger partial charge in [0, 0.05) is 20.4 Å². The van der Waals surface area contributed by atoms with Crippen LogP contribution in [-0.2, 0) is 4.74 Å². The van der Waals surface area contributed by atoms with Gasteiger partial charge in [0.1, 0.15) is 7.85 Å².